The summed E-state index contributed by atoms with van der Waals surface area (Å²) in [5, 5.41) is 0. The van der Waals surface area contributed by atoms with Crippen molar-refractivity contribution in [1.82, 2.24) is 0 Å². The van der Waals surface area contributed by atoms with E-state index in [1.54, 1.807) is 18.2 Å². The van der Waals surface area contributed by atoms with Gasteiger partial charge < -0.3 is 4.74 Å². The van der Waals surface area contributed by atoms with Gasteiger partial charge in [-0.15, -0.1) is 0 Å². The molecule has 114 valence electrons. The van der Waals surface area contributed by atoms with Crippen molar-refractivity contribution >= 4 is 17.9 Å². The molecule has 3 nitrogen and oxygen atoms in total. The zero-order chi connectivity index (χ0) is 16.2. The van der Waals surface area contributed by atoms with Gasteiger partial charge in [0.05, 0.1) is 0 Å². The molecule has 1 aliphatic rings. The van der Waals surface area contributed by atoms with Crippen LogP contribution in [0.1, 0.15) is 18.1 Å². The summed E-state index contributed by atoms with van der Waals surface area (Å²) < 4.78 is 18.4. The van der Waals surface area contributed by atoms with Crippen LogP contribution in [0.25, 0.3) is 6.08 Å². The maximum atomic E-state index is 13.2. The predicted octanol–water partition coefficient (Wildman–Crippen LogP) is 4.12. The lowest BCUT2D eigenvalue weighted by Crippen LogP contribution is -2.05. The molecular formula is C19H14FNO2. The molecule has 0 spiro atoms. The van der Waals surface area contributed by atoms with Crippen molar-refractivity contribution in [2.24, 2.45) is 4.99 Å². The van der Waals surface area contributed by atoms with Crippen LogP contribution in [-0.2, 0) is 9.53 Å². The first kappa shape index (κ1) is 14.9. The van der Waals surface area contributed by atoms with E-state index in [1.807, 2.05) is 43.3 Å². The smallest absolute Gasteiger partial charge is 0.363 e. The van der Waals surface area contributed by atoms with E-state index in [2.05, 4.69) is 4.99 Å². The van der Waals surface area contributed by atoms with Crippen LogP contribution in [0.3, 0.4) is 0 Å². The molecule has 0 saturated heterocycles. The molecule has 0 aromatic heterocycles. The van der Waals surface area contributed by atoms with Crippen LogP contribution in [0.5, 0.6) is 0 Å². The van der Waals surface area contributed by atoms with E-state index in [-0.39, 0.29) is 11.6 Å². The van der Waals surface area contributed by atoms with Crippen LogP contribution in [0.15, 0.2) is 76.9 Å². The second-order valence-electron chi connectivity index (χ2n) is 5.15. The van der Waals surface area contributed by atoms with Gasteiger partial charge in [0.25, 0.3) is 0 Å². The van der Waals surface area contributed by atoms with Crippen LogP contribution in [0.2, 0.25) is 0 Å². The van der Waals surface area contributed by atoms with Gasteiger partial charge in [-0.25, -0.2) is 14.2 Å². The Morgan fingerprint density at radius 2 is 1.91 bits per heavy atom. The average molecular weight is 307 g/mol. The molecular weight excluding hydrogens is 293 g/mol. The van der Waals surface area contributed by atoms with Crippen LogP contribution in [0.4, 0.5) is 4.39 Å². The number of halogens is 1. The minimum atomic E-state index is -0.537. The number of carbonyl (C=O) groups excluding carboxylic acids is 1. The topological polar surface area (TPSA) is 38.7 Å². The highest BCUT2D eigenvalue weighted by molar-refractivity contribution is 6.11. The van der Waals surface area contributed by atoms with Crippen molar-refractivity contribution in [3.63, 3.8) is 0 Å². The number of rotatable bonds is 3. The molecule has 0 aliphatic carbocycles. The first-order chi connectivity index (χ1) is 11.1. The number of benzene rings is 2. The Morgan fingerprint density at radius 3 is 2.65 bits per heavy atom. The Balaban J connectivity index is 1.88. The minimum absolute atomic E-state index is 0.119. The highest BCUT2D eigenvalue weighted by Crippen LogP contribution is 2.19. The second kappa shape index (κ2) is 6.40. The fourth-order valence-corrected chi connectivity index (χ4v) is 2.22. The molecule has 0 fully saturated rings. The van der Waals surface area contributed by atoms with Crippen LogP contribution in [-0.4, -0.2) is 11.9 Å². The largest absolute Gasteiger partial charge is 0.402 e. The van der Waals surface area contributed by atoms with Crippen molar-refractivity contribution in [3.8, 4) is 0 Å². The molecule has 2 aromatic rings. The molecule has 0 radical (unpaired) electrons. The van der Waals surface area contributed by atoms with Gasteiger partial charge >= 0.3 is 5.97 Å². The minimum Gasteiger partial charge on any atom is -0.402 e. The van der Waals surface area contributed by atoms with Crippen LogP contribution >= 0.6 is 0 Å². The Bertz CT molecular complexity index is 835. The van der Waals surface area contributed by atoms with Crippen molar-refractivity contribution in [1.29, 1.82) is 0 Å². The third kappa shape index (κ3) is 3.61. The lowest BCUT2D eigenvalue weighted by Gasteiger charge is -1.98. The third-order valence-electron chi connectivity index (χ3n) is 3.25. The number of allylic oxidation sites excluding steroid dienone is 2. The number of aliphatic imine (C=N–C) groups is 1. The predicted molar refractivity (Wildman–Crippen MR) is 87.2 cm³/mol. The van der Waals surface area contributed by atoms with E-state index in [0.29, 0.717) is 5.56 Å². The van der Waals surface area contributed by atoms with Gasteiger partial charge in [-0.1, -0.05) is 42.5 Å². The molecule has 4 heteroatoms. The fraction of sp³-hybridized carbons (Fsp3) is 0.0526. The van der Waals surface area contributed by atoms with E-state index in [4.69, 9.17) is 4.74 Å². The normalized spacial score (nSPS) is 16.4. The van der Waals surface area contributed by atoms with Gasteiger partial charge in [0.15, 0.2) is 5.70 Å². The third-order valence-corrected chi connectivity index (χ3v) is 3.25. The number of carbonyl (C=O) groups is 1. The summed E-state index contributed by atoms with van der Waals surface area (Å²) in [6.07, 6.45) is 3.59. The maximum Gasteiger partial charge on any atom is 0.363 e. The van der Waals surface area contributed by atoms with Crippen molar-refractivity contribution in [2.75, 3.05) is 0 Å². The molecule has 23 heavy (non-hydrogen) atoms. The molecule has 3 rings (SSSR count). The zero-order valence-corrected chi connectivity index (χ0v) is 12.5. The lowest BCUT2D eigenvalue weighted by atomic mass is 10.1. The van der Waals surface area contributed by atoms with E-state index < -0.39 is 11.8 Å². The Kier molecular flexibility index (Phi) is 4.15. The molecule has 0 amide bonds. The number of nitrogens with zero attached hydrogens (tertiary/aromatic N) is 1. The number of hydrogen-bond acceptors (Lipinski definition) is 3. The molecule has 0 bridgehead atoms. The molecule has 0 N–H and O–H groups in total. The van der Waals surface area contributed by atoms with Gasteiger partial charge in [0.2, 0.25) is 5.90 Å². The standard InChI is InChI=1S/C19H14FNO2/c1-13(10-14-6-3-2-4-7-14)11-17-19(22)23-18(21-17)15-8-5-9-16(20)12-15/h2-12H,1H3/b13-10+,17-11-. The molecule has 0 saturated carbocycles. The van der Waals surface area contributed by atoms with Crippen molar-refractivity contribution in [3.05, 3.63) is 88.9 Å². The molecule has 2 aromatic carbocycles. The molecule has 0 atom stereocenters. The highest BCUT2D eigenvalue weighted by Gasteiger charge is 2.24. The molecule has 1 aliphatic heterocycles. The van der Waals surface area contributed by atoms with Gasteiger partial charge in [0.1, 0.15) is 5.82 Å². The van der Waals surface area contributed by atoms with E-state index in [9.17, 15) is 9.18 Å². The first-order valence-corrected chi connectivity index (χ1v) is 7.14. The maximum absolute atomic E-state index is 13.2. The fourth-order valence-electron chi connectivity index (χ4n) is 2.22. The van der Waals surface area contributed by atoms with E-state index in [0.717, 1.165) is 11.1 Å². The number of ether oxygens (including phenoxy) is 1. The Morgan fingerprint density at radius 1 is 1.13 bits per heavy atom. The summed E-state index contributed by atoms with van der Waals surface area (Å²) in [5.74, 6) is -0.822. The summed E-state index contributed by atoms with van der Waals surface area (Å²) in [6.45, 7) is 1.88. The van der Waals surface area contributed by atoms with Crippen LogP contribution < -0.4 is 0 Å². The number of hydrogen-bond donors (Lipinski definition) is 0. The van der Waals surface area contributed by atoms with Crippen molar-refractivity contribution < 1.29 is 13.9 Å². The van der Waals surface area contributed by atoms with Gasteiger partial charge in [-0.3, -0.25) is 0 Å². The second-order valence-corrected chi connectivity index (χ2v) is 5.15. The van der Waals surface area contributed by atoms with E-state index >= 15 is 0 Å². The average Bonchev–Trinajstić information content (AvgIpc) is 2.89. The van der Waals surface area contributed by atoms with Crippen molar-refractivity contribution in [2.45, 2.75) is 6.92 Å². The summed E-state index contributed by atoms with van der Waals surface area (Å²) >= 11 is 0. The summed E-state index contributed by atoms with van der Waals surface area (Å²) in [7, 11) is 0. The summed E-state index contributed by atoms with van der Waals surface area (Å²) in [5.41, 5.74) is 2.54. The van der Waals surface area contributed by atoms with Gasteiger partial charge in [-0.05, 0) is 42.3 Å². The summed E-state index contributed by atoms with van der Waals surface area (Å²) in [6, 6.07) is 15.6. The van der Waals surface area contributed by atoms with Gasteiger partial charge in [-0.2, -0.15) is 0 Å². The Hall–Kier alpha value is -3.01. The van der Waals surface area contributed by atoms with Gasteiger partial charge in [0, 0.05) is 5.56 Å². The lowest BCUT2D eigenvalue weighted by molar-refractivity contribution is -0.130. The summed E-state index contributed by atoms with van der Waals surface area (Å²) in [4.78, 5) is 16.1. The highest BCUT2D eigenvalue weighted by atomic mass is 19.1. The first-order valence-electron chi connectivity index (χ1n) is 7.14. The molecule has 0 unspecified atom stereocenters. The molecule has 1 heterocycles. The monoisotopic (exact) mass is 307 g/mol. The SMILES string of the molecule is CC(/C=C1\N=C(c2cccc(F)c2)OC1=O)=C\c1ccccc1. The quantitative estimate of drug-likeness (QED) is 0.632. The van der Waals surface area contributed by atoms with Crippen LogP contribution in [0, 0.1) is 5.82 Å². The number of cyclic esters (lactones) is 1. The zero-order valence-electron chi connectivity index (χ0n) is 12.5. The Labute approximate surface area is 133 Å². The number of esters is 1. The van der Waals surface area contributed by atoms with E-state index in [1.165, 1.54) is 12.1 Å².